The third-order valence-electron chi connectivity index (χ3n) is 10.4. The lowest BCUT2D eigenvalue weighted by molar-refractivity contribution is 0.669. The average molecular weight is 692 g/mol. The smallest absolute Gasteiger partial charge is 0.167 e. The van der Waals surface area contributed by atoms with Crippen LogP contribution in [-0.2, 0) is 0 Å². The van der Waals surface area contributed by atoms with E-state index >= 15 is 0 Å². The van der Waals surface area contributed by atoms with E-state index < -0.39 is 0 Å². The lowest BCUT2D eigenvalue weighted by Crippen LogP contribution is -2.01. The van der Waals surface area contributed by atoms with Gasteiger partial charge in [0.1, 0.15) is 22.3 Å². The molecular weight excluding hydrogens is 663 g/mol. The summed E-state index contributed by atoms with van der Waals surface area (Å²) in [5, 5.41) is 6.31. The van der Waals surface area contributed by atoms with Crippen molar-refractivity contribution in [2.24, 2.45) is 0 Å². The molecule has 0 saturated heterocycles. The summed E-state index contributed by atoms with van der Waals surface area (Å²) in [6, 6.07) is 60.4. The summed E-state index contributed by atoms with van der Waals surface area (Å²) in [5.74, 6) is 1.68. The standard InChI is InChI=1S/C49H29N3O2/c1-3-14-30(15-4-1)33-18-7-10-22-38(33)48-50-47(32-26-27-44-41(28-32)35-20-11-12-25-43(35)53-44)51-49(52-48)39-24-13-23-37-42-29-40(31-16-5-2-6-17-31)34-19-8-9-21-36(34)46(42)54-45(37)39/h1-29H. The number of hydrogen-bond acceptors (Lipinski definition) is 5. The van der Waals surface area contributed by atoms with Gasteiger partial charge < -0.3 is 8.83 Å². The number of para-hydroxylation sites is 2. The van der Waals surface area contributed by atoms with Crippen LogP contribution in [0.2, 0.25) is 0 Å². The van der Waals surface area contributed by atoms with E-state index in [1.807, 2.05) is 48.5 Å². The molecule has 11 aromatic rings. The van der Waals surface area contributed by atoms with E-state index in [-0.39, 0.29) is 0 Å². The zero-order chi connectivity index (χ0) is 35.6. The summed E-state index contributed by atoms with van der Waals surface area (Å²) < 4.78 is 13.1. The van der Waals surface area contributed by atoms with Crippen molar-refractivity contribution in [2.45, 2.75) is 0 Å². The lowest BCUT2D eigenvalue weighted by atomic mass is 9.95. The van der Waals surface area contributed by atoms with Gasteiger partial charge in [-0.2, -0.15) is 0 Å². The van der Waals surface area contributed by atoms with Gasteiger partial charge in [0.25, 0.3) is 0 Å². The van der Waals surface area contributed by atoms with Gasteiger partial charge in [0, 0.05) is 38.1 Å². The maximum Gasteiger partial charge on any atom is 0.167 e. The molecule has 0 amide bonds. The molecule has 5 nitrogen and oxygen atoms in total. The third kappa shape index (κ3) is 4.83. The number of rotatable bonds is 5. The van der Waals surface area contributed by atoms with Crippen LogP contribution < -0.4 is 0 Å². The molecule has 5 heteroatoms. The highest BCUT2D eigenvalue weighted by Crippen LogP contribution is 2.43. The number of benzene rings is 8. The summed E-state index contributed by atoms with van der Waals surface area (Å²) in [6.45, 7) is 0. The minimum Gasteiger partial charge on any atom is -0.456 e. The maximum atomic E-state index is 6.91. The number of nitrogens with zero attached hydrogens (tertiary/aromatic N) is 3. The highest BCUT2D eigenvalue weighted by Gasteiger charge is 2.21. The Hall–Kier alpha value is -7.37. The molecule has 0 radical (unpaired) electrons. The second-order valence-corrected chi connectivity index (χ2v) is 13.5. The van der Waals surface area contributed by atoms with Crippen molar-refractivity contribution in [1.29, 1.82) is 0 Å². The predicted molar refractivity (Wildman–Crippen MR) is 219 cm³/mol. The molecule has 0 bridgehead atoms. The number of furan rings is 2. The van der Waals surface area contributed by atoms with Crippen LogP contribution >= 0.6 is 0 Å². The minimum absolute atomic E-state index is 0.534. The lowest BCUT2D eigenvalue weighted by Gasteiger charge is -2.12. The molecule has 54 heavy (non-hydrogen) atoms. The zero-order valence-corrected chi connectivity index (χ0v) is 28.9. The van der Waals surface area contributed by atoms with Crippen LogP contribution in [0.5, 0.6) is 0 Å². The molecule has 0 aliphatic rings. The number of hydrogen-bond donors (Lipinski definition) is 0. The van der Waals surface area contributed by atoms with Crippen molar-refractivity contribution >= 4 is 54.6 Å². The monoisotopic (exact) mass is 691 g/mol. The van der Waals surface area contributed by atoms with Gasteiger partial charge >= 0.3 is 0 Å². The van der Waals surface area contributed by atoms with Gasteiger partial charge in [0.2, 0.25) is 0 Å². The Balaban J connectivity index is 1.18. The van der Waals surface area contributed by atoms with Crippen molar-refractivity contribution in [1.82, 2.24) is 15.0 Å². The first-order valence-corrected chi connectivity index (χ1v) is 18.0. The van der Waals surface area contributed by atoms with Crippen LogP contribution in [0.1, 0.15) is 0 Å². The predicted octanol–water partition coefficient (Wildman–Crippen LogP) is 13.2. The fourth-order valence-corrected chi connectivity index (χ4v) is 7.81. The van der Waals surface area contributed by atoms with Gasteiger partial charge in [-0.05, 0) is 64.0 Å². The molecule has 8 aromatic carbocycles. The van der Waals surface area contributed by atoms with Crippen LogP contribution in [0, 0.1) is 0 Å². The first-order valence-electron chi connectivity index (χ1n) is 18.0. The molecule has 0 unspecified atom stereocenters. The Morgan fingerprint density at radius 3 is 1.63 bits per heavy atom. The first-order chi connectivity index (χ1) is 26.8. The van der Waals surface area contributed by atoms with Crippen LogP contribution in [0.15, 0.2) is 185 Å². The van der Waals surface area contributed by atoms with Crippen molar-refractivity contribution in [2.75, 3.05) is 0 Å². The molecule has 0 N–H and O–H groups in total. The SMILES string of the molecule is c1ccc(-c2ccccc2-c2nc(-c3ccc4oc5ccccc5c4c3)nc(-c3cccc4c3oc3c5ccccc5c(-c5ccccc5)cc43)n2)cc1. The van der Waals surface area contributed by atoms with Gasteiger partial charge in [-0.15, -0.1) is 0 Å². The van der Waals surface area contributed by atoms with Crippen LogP contribution in [-0.4, -0.2) is 15.0 Å². The third-order valence-corrected chi connectivity index (χ3v) is 10.4. The second-order valence-electron chi connectivity index (χ2n) is 13.5. The molecule has 0 saturated carbocycles. The Labute approximate surface area is 309 Å². The van der Waals surface area contributed by atoms with Crippen molar-refractivity contribution < 1.29 is 8.83 Å². The molecule has 11 rings (SSSR count). The largest absolute Gasteiger partial charge is 0.456 e. The fourth-order valence-electron chi connectivity index (χ4n) is 7.81. The van der Waals surface area contributed by atoms with E-state index in [0.29, 0.717) is 17.5 Å². The highest BCUT2D eigenvalue weighted by atomic mass is 16.3. The van der Waals surface area contributed by atoms with Gasteiger partial charge in [0.15, 0.2) is 17.5 Å². The van der Waals surface area contributed by atoms with Gasteiger partial charge in [-0.1, -0.05) is 140 Å². The normalized spacial score (nSPS) is 11.7. The summed E-state index contributed by atoms with van der Waals surface area (Å²) in [6.07, 6.45) is 0. The summed E-state index contributed by atoms with van der Waals surface area (Å²) in [7, 11) is 0. The molecule has 0 aliphatic heterocycles. The van der Waals surface area contributed by atoms with E-state index in [1.54, 1.807) is 0 Å². The molecular formula is C49H29N3O2. The Bertz CT molecular complexity index is 3220. The molecule has 0 atom stereocenters. The van der Waals surface area contributed by atoms with Crippen molar-refractivity contribution in [3.8, 4) is 56.4 Å². The molecule has 0 spiro atoms. The first kappa shape index (κ1) is 30.3. The van der Waals surface area contributed by atoms with Crippen LogP contribution in [0.4, 0.5) is 0 Å². The van der Waals surface area contributed by atoms with Crippen LogP contribution in [0.3, 0.4) is 0 Å². The number of aromatic nitrogens is 3. The molecule has 0 aliphatic carbocycles. The molecule has 3 aromatic heterocycles. The fraction of sp³-hybridized carbons (Fsp3) is 0. The Morgan fingerprint density at radius 1 is 0.278 bits per heavy atom. The summed E-state index contributed by atoms with van der Waals surface area (Å²) in [4.78, 5) is 15.6. The summed E-state index contributed by atoms with van der Waals surface area (Å²) >= 11 is 0. The molecule has 252 valence electrons. The number of fused-ring (bicyclic) bond motifs is 8. The van der Waals surface area contributed by atoms with E-state index in [2.05, 4.69) is 127 Å². The van der Waals surface area contributed by atoms with E-state index in [4.69, 9.17) is 23.8 Å². The topological polar surface area (TPSA) is 65.0 Å². The van der Waals surface area contributed by atoms with Crippen LogP contribution in [0.25, 0.3) is 111 Å². The van der Waals surface area contributed by atoms with E-state index in [1.165, 1.54) is 0 Å². The zero-order valence-electron chi connectivity index (χ0n) is 28.9. The Morgan fingerprint density at radius 2 is 0.833 bits per heavy atom. The second kappa shape index (κ2) is 12.1. The maximum absolute atomic E-state index is 6.91. The molecule has 3 heterocycles. The van der Waals surface area contributed by atoms with E-state index in [9.17, 15) is 0 Å². The molecule has 0 fully saturated rings. The Kier molecular flexibility index (Phi) is 6.79. The van der Waals surface area contributed by atoms with Gasteiger partial charge in [-0.25, -0.2) is 15.0 Å². The van der Waals surface area contributed by atoms with E-state index in [0.717, 1.165) is 93.6 Å². The average Bonchev–Trinajstić information content (AvgIpc) is 3.82. The van der Waals surface area contributed by atoms with Crippen molar-refractivity contribution in [3.05, 3.63) is 176 Å². The van der Waals surface area contributed by atoms with Gasteiger partial charge in [-0.3, -0.25) is 0 Å². The van der Waals surface area contributed by atoms with Crippen molar-refractivity contribution in [3.63, 3.8) is 0 Å². The van der Waals surface area contributed by atoms with Gasteiger partial charge in [0.05, 0.1) is 5.56 Å². The summed E-state index contributed by atoms with van der Waals surface area (Å²) in [5.41, 5.74) is 10.3. The highest BCUT2D eigenvalue weighted by molar-refractivity contribution is 6.20. The minimum atomic E-state index is 0.534. The quantitative estimate of drug-likeness (QED) is 0.180.